The van der Waals surface area contributed by atoms with Crippen LogP contribution in [0, 0.1) is 0 Å². The van der Waals surface area contributed by atoms with E-state index in [9.17, 15) is 14.7 Å². The van der Waals surface area contributed by atoms with Crippen molar-refractivity contribution in [2.24, 2.45) is 0 Å². The van der Waals surface area contributed by atoms with E-state index in [2.05, 4.69) is 5.32 Å². The molecule has 1 aromatic carbocycles. The lowest BCUT2D eigenvalue weighted by Gasteiger charge is -2.27. The second-order valence-electron chi connectivity index (χ2n) is 6.76. The molecular weight excluding hydrogens is 308 g/mol. The summed E-state index contributed by atoms with van der Waals surface area (Å²) in [4.78, 5) is 25.4. The maximum atomic E-state index is 11.9. The third kappa shape index (κ3) is 7.97. The molecule has 0 saturated heterocycles. The minimum atomic E-state index is -1.07. The van der Waals surface area contributed by atoms with Crippen LogP contribution in [0.2, 0.25) is 0 Å². The minimum absolute atomic E-state index is 0.220. The first kappa shape index (κ1) is 20.0. The van der Waals surface area contributed by atoms with Crippen molar-refractivity contribution in [2.75, 3.05) is 13.1 Å². The maximum Gasteiger partial charge on any atom is 0.408 e. The van der Waals surface area contributed by atoms with E-state index in [1.807, 2.05) is 42.2 Å². The summed E-state index contributed by atoms with van der Waals surface area (Å²) in [5.74, 6) is -1.07. The number of rotatable bonds is 8. The molecule has 134 valence electrons. The van der Waals surface area contributed by atoms with Crippen molar-refractivity contribution in [3.8, 4) is 0 Å². The van der Waals surface area contributed by atoms with Crippen LogP contribution >= 0.6 is 0 Å². The largest absolute Gasteiger partial charge is 0.480 e. The molecule has 1 aromatic rings. The molecular formula is C18H28N2O4. The molecule has 0 heterocycles. The summed E-state index contributed by atoms with van der Waals surface area (Å²) >= 11 is 0. The molecule has 1 rings (SSSR count). The smallest absolute Gasteiger partial charge is 0.408 e. The van der Waals surface area contributed by atoms with Gasteiger partial charge in [0.2, 0.25) is 0 Å². The number of benzene rings is 1. The Kier molecular flexibility index (Phi) is 7.71. The van der Waals surface area contributed by atoms with Crippen LogP contribution in [-0.4, -0.2) is 46.8 Å². The van der Waals surface area contributed by atoms with Gasteiger partial charge in [-0.2, -0.15) is 0 Å². The molecule has 0 spiro atoms. The summed E-state index contributed by atoms with van der Waals surface area (Å²) in [5, 5.41) is 11.9. The molecule has 1 atom stereocenters. The van der Waals surface area contributed by atoms with E-state index in [0.717, 1.165) is 18.5 Å². The molecule has 0 aliphatic heterocycles. The first-order valence-electron chi connectivity index (χ1n) is 8.20. The molecule has 0 bridgehead atoms. The Hall–Kier alpha value is -2.08. The van der Waals surface area contributed by atoms with Gasteiger partial charge in [0.25, 0.3) is 0 Å². The van der Waals surface area contributed by atoms with E-state index in [4.69, 9.17) is 4.74 Å². The zero-order valence-corrected chi connectivity index (χ0v) is 14.9. The van der Waals surface area contributed by atoms with E-state index < -0.39 is 23.7 Å². The highest BCUT2D eigenvalue weighted by Crippen LogP contribution is 2.09. The number of amides is 1. The molecule has 0 fully saturated rings. The lowest BCUT2D eigenvalue weighted by atomic mass is 10.2. The van der Waals surface area contributed by atoms with E-state index >= 15 is 0 Å². The molecule has 0 unspecified atom stereocenters. The average molecular weight is 336 g/mol. The fourth-order valence-corrected chi connectivity index (χ4v) is 2.29. The predicted octanol–water partition coefficient (Wildman–Crippen LogP) is 2.88. The minimum Gasteiger partial charge on any atom is -0.480 e. The van der Waals surface area contributed by atoms with Crippen molar-refractivity contribution in [3.63, 3.8) is 0 Å². The van der Waals surface area contributed by atoms with Gasteiger partial charge in [0.15, 0.2) is 0 Å². The van der Waals surface area contributed by atoms with Gasteiger partial charge in [0, 0.05) is 13.1 Å². The van der Waals surface area contributed by atoms with Crippen LogP contribution in [0.3, 0.4) is 0 Å². The molecule has 2 N–H and O–H groups in total. The predicted molar refractivity (Wildman–Crippen MR) is 92.8 cm³/mol. The number of hydrogen-bond donors (Lipinski definition) is 2. The van der Waals surface area contributed by atoms with Crippen LogP contribution in [0.25, 0.3) is 0 Å². The number of carboxylic acids is 1. The van der Waals surface area contributed by atoms with Gasteiger partial charge < -0.3 is 15.2 Å². The molecule has 0 aromatic heterocycles. The maximum absolute atomic E-state index is 11.9. The summed E-state index contributed by atoms with van der Waals surface area (Å²) < 4.78 is 5.15. The summed E-state index contributed by atoms with van der Waals surface area (Å²) in [7, 11) is 0. The summed E-state index contributed by atoms with van der Waals surface area (Å²) in [6, 6.07) is 8.83. The number of carbonyl (C=O) groups excluding carboxylic acids is 1. The van der Waals surface area contributed by atoms with E-state index in [0.29, 0.717) is 6.54 Å². The molecule has 0 radical (unpaired) electrons. The standard InChI is InChI=1S/C18H28N2O4/c1-5-11-20(12-14-9-7-6-8-10-14)13-15(16(21)22)19-17(23)24-18(2,3)4/h6-10,15H,5,11-13H2,1-4H3,(H,19,23)(H,21,22)/t15-/m0/s1. The lowest BCUT2D eigenvalue weighted by molar-refractivity contribution is -0.140. The van der Waals surface area contributed by atoms with Gasteiger partial charge in [-0.15, -0.1) is 0 Å². The number of carbonyl (C=O) groups is 2. The van der Waals surface area contributed by atoms with E-state index in [1.54, 1.807) is 20.8 Å². The molecule has 0 aliphatic rings. The SMILES string of the molecule is CCCN(Cc1ccccc1)C[C@H](NC(=O)OC(C)(C)C)C(=O)O. The Labute approximate surface area is 143 Å². The molecule has 6 heteroatoms. The second-order valence-corrected chi connectivity index (χ2v) is 6.76. The fraction of sp³-hybridized carbons (Fsp3) is 0.556. The topological polar surface area (TPSA) is 78.9 Å². The molecule has 1 amide bonds. The summed E-state index contributed by atoms with van der Waals surface area (Å²) in [5.41, 5.74) is 0.438. The van der Waals surface area contributed by atoms with Gasteiger partial charge in [0.05, 0.1) is 0 Å². The normalized spacial score (nSPS) is 12.7. The molecule has 0 aliphatic carbocycles. The van der Waals surface area contributed by atoms with Crippen molar-refractivity contribution in [1.29, 1.82) is 0 Å². The van der Waals surface area contributed by atoms with Crippen molar-refractivity contribution in [2.45, 2.75) is 52.3 Å². The molecule has 0 saturated carbocycles. The highest BCUT2D eigenvalue weighted by Gasteiger charge is 2.25. The number of nitrogens with one attached hydrogen (secondary N) is 1. The molecule has 24 heavy (non-hydrogen) atoms. The zero-order valence-electron chi connectivity index (χ0n) is 14.9. The first-order valence-corrected chi connectivity index (χ1v) is 8.20. The van der Waals surface area contributed by atoms with Gasteiger partial charge in [-0.1, -0.05) is 37.3 Å². The van der Waals surface area contributed by atoms with Crippen LogP contribution in [0.5, 0.6) is 0 Å². The Balaban J connectivity index is 2.71. The van der Waals surface area contributed by atoms with Crippen molar-refractivity contribution in [3.05, 3.63) is 35.9 Å². The lowest BCUT2D eigenvalue weighted by Crippen LogP contribution is -2.49. The Bertz CT molecular complexity index is 526. The van der Waals surface area contributed by atoms with Gasteiger partial charge in [0.1, 0.15) is 11.6 Å². The number of hydrogen-bond acceptors (Lipinski definition) is 4. The third-order valence-electron chi connectivity index (χ3n) is 3.22. The van der Waals surface area contributed by atoms with Crippen LogP contribution in [-0.2, 0) is 16.1 Å². The van der Waals surface area contributed by atoms with E-state index in [1.165, 1.54) is 0 Å². The van der Waals surface area contributed by atoms with Gasteiger partial charge in [-0.25, -0.2) is 9.59 Å². The fourth-order valence-electron chi connectivity index (χ4n) is 2.29. The van der Waals surface area contributed by atoms with Crippen molar-refractivity contribution in [1.82, 2.24) is 10.2 Å². The Morgan fingerprint density at radius 2 is 1.88 bits per heavy atom. The van der Waals surface area contributed by atoms with Crippen LogP contribution in [0.1, 0.15) is 39.7 Å². The average Bonchev–Trinajstić information content (AvgIpc) is 2.45. The third-order valence-corrected chi connectivity index (χ3v) is 3.22. The van der Waals surface area contributed by atoms with Crippen molar-refractivity contribution < 1.29 is 19.4 Å². The van der Waals surface area contributed by atoms with Gasteiger partial charge in [-0.05, 0) is 39.3 Å². The Morgan fingerprint density at radius 3 is 2.38 bits per heavy atom. The monoisotopic (exact) mass is 336 g/mol. The highest BCUT2D eigenvalue weighted by atomic mass is 16.6. The van der Waals surface area contributed by atoms with Crippen LogP contribution < -0.4 is 5.32 Å². The number of nitrogens with zero attached hydrogens (tertiary/aromatic N) is 1. The number of aliphatic carboxylic acids is 1. The van der Waals surface area contributed by atoms with Gasteiger partial charge >= 0.3 is 12.1 Å². The van der Waals surface area contributed by atoms with Crippen molar-refractivity contribution >= 4 is 12.1 Å². The van der Waals surface area contributed by atoms with Crippen LogP contribution in [0.15, 0.2) is 30.3 Å². The summed E-state index contributed by atoms with van der Waals surface area (Å²) in [6.45, 7) is 8.85. The zero-order chi connectivity index (χ0) is 18.2. The Morgan fingerprint density at radius 1 is 1.25 bits per heavy atom. The molecule has 6 nitrogen and oxygen atoms in total. The summed E-state index contributed by atoms with van der Waals surface area (Å²) in [6.07, 6.45) is 0.178. The number of ether oxygens (including phenoxy) is 1. The first-order chi connectivity index (χ1) is 11.2. The quantitative estimate of drug-likeness (QED) is 0.763. The highest BCUT2D eigenvalue weighted by molar-refractivity contribution is 5.80. The second kappa shape index (κ2) is 9.27. The number of alkyl carbamates (subject to hydrolysis) is 1. The number of carboxylic acid groups (broad SMARTS) is 1. The van der Waals surface area contributed by atoms with Gasteiger partial charge in [-0.3, -0.25) is 4.90 Å². The van der Waals surface area contributed by atoms with Crippen LogP contribution in [0.4, 0.5) is 4.79 Å². The van der Waals surface area contributed by atoms with E-state index in [-0.39, 0.29) is 6.54 Å².